The van der Waals surface area contributed by atoms with Crippen LogP contribution in [0.2, 0.25) is 0 Å². The van der Waals surface area contributed by atoms with Crippen molar-refractivity contribution >= 4 is 5.84 Å². The monoisotopic (exact) mass is 249 g/mol. The van der Waals surface area contributed by atoms with Crippen LogP contribution in [0.5, 0.6) is 0 Å². The van der Waals surface area contributed by atoms with Crippen LogP contribution in [0.25, 0.3) is 0 Å². The Balaban J connectivity index is 2.66. The van der Waals surface area contributed by atoms with Crippen molar-refractivity contribution in [1.29, 1.82) is 0 Å². The molecule has 4 heteroatoms. The van der Waals surface area contributed by atoms with Gasteiger partial charge in [-0.05, 0) is 18.4 Å². The van der Waals surface area contributed by atoms with E-state index < -0.39 is 0 Å². The minimum absolute atomic E-state index is 0.228. The maximum Gasteiger partial charge on any atom is 0.140 e. The van der Waals surface area contributed by atoms with E-state index in [1.54, 1.807) is 0 Å². The van der Waals surface area contributed by atoms with Gasteiger partial charge in [-0.2, -0.15) is 0 Å². The highest BCUT2D eigenvalue weighted by atomic mass is 16.4. The first-order valence-corrected chi connectivity index (χ1v) is 6.48. The van der Waals surface area contributed by atoms with Gasteiger partial charge in [0.2, 0.25) is 0 Å². The fourth-order valence-corrected chi connectivity index (χ4v) is 2.03. The topological polar surface area (TPSA) is 70.6 Å². The summed E-state index contributed by atoms with van der Waals surface area (Å²) in [6.45, 7) is 4.25. The number of nitrogens with one attached hydrogen (secondary N) is 1. The third-order valence-electron chi connectivity index (χ3n) is 3.12. The first-order valence-electron chi connectivity index (χ1n) is 6.48. The van der Waals surface area contributed by atoms with Crippen LogP contribution >= 0.6 is 0 Å². The molecule has 1 aromatic rings. The minimum atomic E-state index is 0.228. The molecule has 0 aromatic heterocycles. The van der Waals surface area contributed by atoms with Crippen molar-refractivity contribution in [3.05, 3.63) is 35.9 Å². The summed E-state index contributed by atoms with van der Waals surface area (Å²) in [7, 11) is 0. The van der Waals surface area contributed by atoms with Crippen LogP contribution < -0.4 is 11.1 Å². The van der Waals surface area contributed by atoms with E-state index in [2.05, 4.69) is 36.5 Å². The molecule has 4 N–H and O–H groups in total. The van der Waals surface area contributed by atoms with Crippen molar-refractivity contribution in [3.8, 4) is 0 Å². The molecule has 0 amide bonds. The lowest BCUT2D eigenvalue weighted by molar-refractivity contribution is 0.314. The van der Waals surface area contributed by atoms with Gasteiger partial charge < -0.3 is 16.3 Å². The summed E-state index contributed by atoms with van der Waals surface area (Å²) in [4.78, 5) is 0. The highest BCUT2D eigenvalue weighted by Crippen LogP contribution is 2.18. The van der Waals surface area contributed by atoms with Gasteiger partial charge in [-0.25, -0.2) is 0 Å². The number of hydrogen-bond donors (Lipinski definition) is 3. The molecule has 4 nitrogen and oxygen atoms in total. The Labute approximate surface area is 109 Å². The van der Waals surface area contributed by atoms with Gasteiger partial charge in [-0.3, -0.25) is 0 Å². The maximum absolute atomic E-state index is 8.62. The molecule has 2 atom stereocenters. The lowest BCUT2D eigenvalue weighted by atomic mass is 10.0. The summed E-state index contributed by atoms with van der Waals surface area (Å²) in [5, 5.41) is 15.2. The molecular formula is C14H23N3O. The number of hydrogen-bond acceptors (Lipinski definition) is 3. The van der Waals surface area contributed by atoms with Crippen LogP contribution in [-0.2, 0) is 0 Å². The highest BCUT2D eigenvalue weighted by Gasteiger charge is 2.15. The lowest BCUT2D eigenvalue weighted by Crippen LogP contribution is -2.35. The van der Waals surface area contributed by atoms with E-state index in [0.29, 0.717) is 12.5 Å². The van der Waals surface area contributed by atoms with Crippen LogP contribution in [0.4, 0.5) is 0 Å². The summed E-state index contributed by atoms with van der Waals surface area (Å²) in [6.07, 6.45) is 2.52. The largest absolute Gasteiger partial charge is 0.409 e. The molecule has 0 aliphatic rings. The minimum Gasteiger partial charge on any atom is -0.409 e. The van der Waals surface area contributed by atoms with Crippen molar-refractivity contribution in [2.45, 2.75) is 45.2 Å². The molecule has 0 radical (unpaired) electrons. The Kier molecular flexibility index (Phi) is 6.22. The van der Waals surface area contributed by atoms with Crippen molar-refractivity contribution in [2.24, 2.45) is 10.9 Å². The smallest absolute Gasteiger partial charge is 0.140 e. The first kappa shape index (κ1) is 14.5. The Morgan fingerprint density at radius 3 is 2.44 bits per heavy atom. The van der Waals surface area contributed by atoms with Gasteiger partial charge in [-0.1, -0.05) is 49.3 Å². The van der Waals surface area contributed by atoms with E-state index >= 15 is 0 Å². The lowest BCUT2D eigenvalue weighted by Gasteiger charge is -2.24. The Bertz CT molecular complexity index is 365. The van der Waals surface area contributed by atoms with E-state index in [1.807, 2.05) is 18.2 Å². The predicted molar refractivity (Wildman–Crippen MR) is 74.7 cm³/mol. The molecule has 0 saturated heterocycles. The zero-order chi connectivity index (χ0) is 13.4. The van der Waals surface area contributed by atoms with E-state index in [0.717, 1.165) is 12.8 Å². The van der Waals surface area contributed by atoms with E-state index in [9.17, 15) is 0 Å². The third kappa shape index (κ3) is 4.37. The average molecular weight is 249 g/mol. The fourth-order valence-electron chi connectivity index (χ4n) is 2.03. The second kappa shape index (κ2) is 7.71. The summed E-state index contributed by atoms with van der Waals surface area (Å²) in [5.74, 6) is 0.275. The number of nitrogens with zero attached hydrogens (tertiary/aromatic N) is 1. The molecule has 1 rings (SSSR count). The molecule has 1 aromatic carbocycles. The van der Waals surface area contributed by atoms with Gasteiger partial charge >= 0.3 is 0 Å². The van der Waals surface area contributed by atoms with Crippen molar-refractivity contribution in [1.82, 2.24) is 5.32 Å². The quantitative estimate of drug-likeness (QED) is 0.301. The molecule has 0 saturated carbocycles. The molecular weight excluding hydrogens is 226 g/mol. The summed E-state index contributed by atoms with van der Waals surface area (Å²) < 4.78 is 0. The van der Waals surface area contributed by atoms with Gasteiger partial charge in [0.25, 0.3) is 0 Å². The van der Waals surface area contributed by atoms with Gasteiger partial charge in [0.1, 0.15) is 5.84 Å². The molecule has 0 aliphatic heterocycles. The Hall–Kier alpha value is -1.55. The van der Waals surface area contributed by atoms with Crippen molar-refractivity contribution in [2.75, 3.05) is 0 Å². The van der Waals surface area contributed by atoms with Gasteiger partial charge in [0, 0.05) is 18.5 Å². The second-order valence-electron chi connectivity index (χ2n) is 4.44. The van der Waals surface area contributed by atoms with Crippen molar-refractivity contribution in [3.63, 3.8) is 0 Å². The number of oxime groups is 1. The van der Waals surface area contributed by atoms with Gasteiger partial charge in [0.15, 0.2) is 0 Å². The molecule has 0 heterocycles. The SMILES string of the molecule is CCC(CC(N)=NO)NC(CC)c1ccccc1. The number of amidine groups is 1. The Morgan fingerprint density at radius 2 is 1.94 bits per heavy atom. The third-order valence-corrected chi connectivity index (χ3v) is 3.12. The molecule has 18 heavy (non-hydrogen) atoms. The molecule has 0 aliphatic carbocycles. The van der Waals surface area contributed by atoms with E-state index in [-0.39, 0.29) is 11.9 Å². The molecule has 2 unspecified atom stereocenters. The first-order chi connectivity index (χ1) is 8.71. The summed E-state index contributed by atoms with van der Waals surface area (Å²) in [5.41, 5.74) is 6.84. The normalized spacial score (nSPS) is 15.3. The molecule has 0 spiro atoms. The van der Waals surface area contributed by atoms with E-state index in [1.165, 1.54) is 5.56 Å². The summed E-state index contributed by atoms with van der Waals surface area (Å²) in [6, 6.07) is 10.9. The molecule has 100 valence electrons. The zero-order valence-electron chi connectivity index (χ0n) is 11.1. The van der Waals surface area contributed by atoms with Crippen LogP contribution in [0.15, 0.2) is 35.5 Å². The van der Waals surface area contributed by atoms with Crippen LogP contribution in [-0.4, -0.2) is 17.1 Å². The number of rotatable bonds is 7. The van der Waals surface area contributed by atoms with Gasteiger partial charge in [-0.15, -0.1) is 0 Å². The number of benzene rings is 1. The second-order valence-corrected chi connectivity index (χ2v) is 4.44. The van der Waals surface area contributed by atoms with Gasteiger partial charge in [0.05, 0.1) is 0 Å². The standard InChI is InChI=1S/C14H23N3O/c1-3-12(10-14(15)17-18)16-13(4-2)11-8-6-5-7-9-11/h5-9,12-13,16,18H,3-4,10H2,1-2H3,(H2,15,17). The van der Waals surface area contributed by atoms with Crippen LogP contribution in [0.3, 0.4) is 0 Å². The van der Waals surface area contributed by atoms with Crippen LogP contribution in [0, 0.1) is 0 Å². The fraction of sp³-hybridized carbons (Fsp3) is 0.500. The predicted octanol–water partition coefficient (Wildman–Crippen LogP) is 2.64. The van der Waals surface area contributed by atoms with Crippen molar-refractivity contribution < 1.29 is 5.21 Å². The zero-order valence-corrected chi connectivity index (χ0v) is 11.1. The average Bonchev–Trinajstić information content (AvgIpc) is 2.43. The van der Waals surface area contributed by atoms with E-state index in [4.69, 9.17) is 10.9 Å². The molecule has 0 fully saturated rings. The highest BCUT2D eigenvalue weighted by molar-refractivity contribution is 5.80. The number of nitrogens with two attached hydrogens (primary N) is 1. The Morgan fingerprint density at radius 1 is 1.28 bits per heavy atom. The van der Waals surface area contributed by atoms with Crippen LogP contribution in [0.1, 0.15) is 44.7 Å². The molecule has 0 bridgehead atoms. The maximum atomic E-state index is 8.62. The summed E-state index contributed by atoms with van der Waals surface area (Å²) >= 11 is 0.